The van der Waals surface area contributed by atoms with Crippen LogP contribution in [0.3, 0.4) is 0 Å². The van der Waals surface area contributed by atoms with Gasteiger partial charge in [0.1, 0.15) is 6.61 Å². The number of nitrogens with zero attached hydrogens (tertiary/aromatic N) is 1. The maximum absolute atomic E-state index is 12.4. The van der Waals surface area contributed by atoms with Gasteiger partial charge in [-0.05, 0) is 38.3 Å². The third-order valence-electron chi connectivity index (χ3n) is 4.69. The highest BCUT2D eigenvalue weighted by Crippen LogP contribution is 2.34. The van der Waals surface area contributed by atoms with E-state index in [1.165, 1.54) is 25.7 Å². The van der Waals surface area contributed by atoms with Crippen LogP contribution < -0.4 is 0 Å². The third-order valence-corrected chi connectivity index (χ3v) is 4.69. The van der Waals surface area contributed by atoms with Crippen molar-refractivity contribution in [3.63, 3.8) is 0 Å². The third kappa shape index (κ3) is 5.82. The van der Waals surface area contributed by atoms with Crippen LogP contribution in [0, 0.1) is 11.8 Å². The van der Waals surface area contributed by atoms with Crippen molar-refractivity contribution in [3.8, 4) is 0 Å². The van der Waals surface area contributed by atoms with Gasteiger partial charge in [-0.3, -0.25) is 4.79 Å². The topological polar surface area (TPSA) is 29.5 Å². The van der Waals surface area contributed by atoms with Gasteiger partial charge in [-0.1, -0.05) is 46.5 Å². The van der Waals surface area contributed by atoms with Gasteiger partial charge in [-0.25, -0.2) is 0 Å². The maximum atomic E-state index is 12.4. The molecule has 20 heavy (non-hydrogen) atoms. The number of carbonyl (C=O) groups excluding carboxylic acids is 1. The van der Waals surface area contributed by atoms with Crippen molar-refractivity contribution in [2.45, 2.75) is 65.7 Å². The molecule has 118 valence electrons. The molecule has 0 saturated heterocycles. The predicted molar refractivity (Wildman–Crippen MR) is 83.7 cm³/mol. The first-order valence-corrected chi connectivity index (χ1v) is 8.61. The predicted octanol–water partition coefficient (Wildman–Crippen LogP) is 3.87. The second-order valence-electron chi connectivity index (χ2n) is 5.99. The molecule has 0 aromatic rings. The van der Waals surface area contributed by atoms with E-state index in [1.807, 2.05) is 0 Å². The lowest BCUT2D eigenvalue weighted by atomic mass is 9.87. The summed E-state index contributed by atoms with van der Waals surface area (Å²) in [5.41, 5.74) is 0. The summed E-state index contributed by atoms with van der Waals surface area (Å²) >= 11 is 0. The number of likely N-dealkylation sites (N-methyl/N-ethyl adjacent to an activating group) is 1. The average molecular weight is 283 g/mol. The molecule has 1 saturated carbocycles. The molecule has 0 bridgehead atoms. The Kier molecular flexibility index (Phi) is 8.92. The van der Waals surface area contributed by atoms with E-state index in [2.05, 4.69) is 25.7 Å². The summed E-state index contributed by atoms with van der Waals surface area (Å²) in [6, 6.07) is 0. The molecule has 1 atom stereocenters. The Hall–Kier alpha value is -0.570. The van der Waals surface area contributed by atoms with Gasteiger partial charge in [0.25, 0.3) is 0 Å². The van der Waals surface area contributed by atoms with E-state index in [1.54, 1.807) is 0 Å². The normalized spacial score (nSPS) is 17.6. The van der Waals surface area contributed by atoms with Crippen molar-refractivity contribution >= 4 is 5.97 Å². The first-order chi connectivity index (χ1) is 9.72. The minimum absolute atomic E-state index is 0.0671. The molecule has 0 spiro atoms. The zero-order valence-corrected chi connectivity index (χ0v) is 13.7. The van der Waals surface area contributed by atoms with Gasteiger partial charge in [0.05, 0.1) is 5.92 Å². The van der Waals surface area contributed by atoms with Crippen LogP contribution in [0.4, 0.5) is 0 Å². The van der Waals surface area contributed by atoms with E-state index in [-0.39, 0.29) is 11.9 Å². The first-order valence-electron chi connectivity index (χ1n) is 8.61. The Morgan fingerprint density at radius 2 is 1.85 bits per heavy atom. The minimum Gasteiger partial charge on any atom is -0.464 e. The molecule has 1 rings (SSSR count). The van der Waals surface area contributed by atoms with Crippen LogP contribution in [0.2, 0.25) is 0 Å². The molecular weight excluding hydrogens is 250 g/mol. The highest BCUT2D eigenvalue weighted by Gasteiger charge is 2.31. The fraction of sp³-hybridized carbons (Fsp3) is 0.941. The summed E-state index contributed by atoms with van der Waals surface area (Å²) in [5, 5.41) is 0. The Morgan fingerprint density at radius 3 is 2.40 bits per heavy atom. The lowest BCUT2D eigenvalue weighted by Crippen LogP contribution is -2.30. The fourth-order valence-electron chi connectivity index (χ4n) is 3.25. The van der Waals surface area contributed by atoms with Crippen molar-refractivity contribution in [1.29, 1.82) is 0 Å². The van der Waals surface area contributed by atoms with E-state index in [4.69, 9.17) is 4.74 Å². The maximum Gasteiger partial charge on any atom is 0.309 e. The molecule has 1 aliphatic carbocycles. The van der Waals surface area contributed by atoms with E-state index in [0.29, 0.717) is 12.5 Å². The average Bonchev–Trinajstić information content (AvgIpc) is 2.98. The molecule has 3 heteroatoms. The van der Waals surface area contributed by atoms with Crippen molar-refractivity contribution in [2.24, 2.45) is 11.8 Å². The number of carbonyl (C=O) groups is 1. The van der Waals surface area contributed by atoms with Gasteiger partial charge < -0.3 is 9.64 Å². The lowest BCUT2D eigenvalue weighted by Gasteiger charge is -2.23. The molecule has 1 fully saturated rings. The van der Waals surface area contributed by atoms with Gasteiger partial charge in [0, 0.05) is 6.54 Å². The Bertz CT molecular complexity index is 258. The molecule has 1 unspecified atom stereocenters. The van der Waals surface area contributed by atoms with Crippen LogP contribution >= 0.6 is 0 Å². The van der Waals surface area contributed by atoms with Crippen molar-refractivity contribution in [3.05, 3.63) is 0 Å². The second kappa shape index (κ2) is 10.2. The Morgan fingerprint density at radius 1 is 1.20 bits per heavy atom. The zero-order chi connectivity index (χ0) is 14.8. The summed E-state index contributed by atoms with van der Waals surface area (Å²) in [6.07, 6.45) is 8.35. The van der Waals surface area contributed by atoms with E-state index >= 15 is 0 Å². The summed E-state index contributed by atoms with van der Waals surface area (Å²) in [7, 11) is 0. The van der Waals surface area contributed by atoms with Crippen LogP contribution in [0.1, 0.15) is 65.7 Å². The van der Waals surface area contributed by atoms with Crippen molar-refractivity contribution in [2.75, 3.05) is 26.2 Å². The van der Waals surface area contributed by atoms with Crippen LogP contribution in [-0.2, 0) is 9.53 Å². The summed E-state index contributed by atoms with van der Waals surface area (Å²) in [4.78, 5) is 14.6. The van der Waals surface area contributed by atoms with E-state index < -0.39 is 0 Å². The summed E-state index contributed by atoms with van der Waals surface area (Å²) in [5.74, 6) is 0.814. The van der Waals surface area contributed by atoms with Gasteiger partial charge in [0.15, 0.2) is 0 Å². The molecule has 1 aliphatic rings. The van der Waals surface area contributed by atoms with Crippen molar-refractivity contribution in [1.82, 2.24) is 4.90 Å². The Balaban J connectivity index is 2.37. The zero-order valence-electron chi connectivity index (χ0n) is 13.7. The lowest BCUT2D eigenvalue weighted by molar-refractivity contribution is -0.151. The number of hydrogen-bond donors (Lipinski definition) is 0. The molecule has 0 N–H and O–H groups in total. The molecule has 0 heterocycles. The first kappa shape index (κ1) is 17.5. The smallest absolute Gasteiger partial charge is 0.309 e. The molecule has 0 aliphatic heterocycles. The summed E-state index contributed by atoms with van der Waals surface area (Å²) < 4.78 is 5.57. The highest BCUT2D eigenvalue weighted by atomic mass is 16.5. The SMILES string of the molecule is CCCCC(C(=O)OCCN(CC)CC)C1CCCC1. The molecule has 0 aromatic heterocycles. The Labute approximate surface area is 125 Å². The minimum atomic E-state index is 0.0671. The van der Waals surface area contributed by atoms with Gasteiger partial charge in [-0.2, -0.15) is 0 Å². The molecule has 0 amide bonds. The number of ether oxygens (including phenoxy) is 1. The van der Waals surface area contributed by atoms with Gasteiger partial charge in [-0.15, -0.1) is 0 Å². The van der Waals surface area contributed by atoms with E-state index in [0.717, 1.165) is 38.9 Å². The molecule has 0 radical (unpaired) electrons. The van der Waals surface area contributed by atoms with E-state index in [9.17, 15) is 4.79 Å². The number of hydrogen-bond acceptors (Lipinski definition) is 3. The van der Waals surface area contributed by atoms with Crippen molar-refractivity contribution < 1.29 is 9.53 Å². The number of rotatable bonds is 10. The fourth-order valence-corrected chi connectivity index (χ4v) is 3.25. The largest absolute Gasteiger partial charge is 0.464 e. The van der Waals surface area contributed by atoms with Crippen LogP contribution in [0.25, 0.3) is 0 Å². The second-order valence-corrected chi connectivity index (χ2v) is 5.99. The van der Waals surface area contributed by atoms with Crippen LogP contribution in [-0.4, -0.2) is 37.1 Å². The number of esters is 1. The van der Waals surface area contributed by atoms with Gasteiger partial charge in [0.2, 0.25) is 0 Å². The molecule has 0 aromatic carbocycles. The van der Waals surface area contributed by atoms with Crippen LogP contribution in [0.5, 0.6) is 0 Å². The standard InChI is InChI=1S/C17H33NO2/c1-4-7-12-16(15-10-8-9-11-15)17(19)20-14-13-18(5-2)6-3/h15-16H,4-14H2,1-3H3. The quantitative estimate of drug-likeness (QED) is 0.570. The summed E-state index contributed by atoms with van der Waals surface area (Å²) in [6.45, 7) is 9.95. The van der Waals surface area contributed by atoms with Crippen LogP contribution in [0.15, 0.2) is 0 Å². The molecule has 3 nitrogen and oxygen atoms in total. The number of unbranched alkanes of at least 4 members (excludes halogenated alkanes) is 1. The monoisotopic (exact) mass is 283 g/mol. The highest BCUT2D eigenvalue weighted by molar-refractivity contribution is 5.72. The molecular formula is C17H33NO2. The van der Waals surface area contributed by atoms with Gasteiger partial charge >= 0.3 is 5.97 Å².